The number of hydrogen-bond acceptors (Lipinski definition) is 15. The van der Waals surface area contributed by atoms with Crippen molar-refractivity contribution in [2.45, 2.75) is 98.2 Å². The lowest BCUT2D eigenvalue weighted by Crippen LogP contribution is -2.65. The van der Waals surface area contributed by atoms with Crippen molar-refractivity contribution in [3.8, 4) is 0 Å². The van der Waals surface area contributed by atoms with Gasteiger partial charge < -0.3 is 54.7 Å². The molecule has 0 aromatic rings. The highest BCUT2D eigenvalue weighted by atomic mass is 16.7. The SMILES string of the molecule is [N-]=[N+]=NCC1O[C@H](O[C@@H]2C(N=[N+]=[N-])CC(N=[N+]=[N-])C(O[C@H]3OC(CO)[C@@H](O)C(N=[N+]=[N-])C3O)C2O)C(O)C(O)[C@@H]1O. The molecule has 3 aliphatic rings. The summed E-state index contributed by atoms with van der Waals surface area (Å²) in [5, 5.41) is 86.3. The highest BCUT2D eigenvalue weighted by Crippen LogP contribution is 2.35. The van der Waals surface area contributed by atoms with Crippen LogP contribution in [-0.2, 0) is 18.9 Å². The fourth-order valence-corrected chi connectivity index (χ4v) is 4.84. The number of azide groups is 4. The predicted molar refractivity (Wildman–Crippen MR) is 128 cm³/mol. The van der Waals surface area contributed by atoms with Gasteiger partial charge in [0, 0.05) is 19.6 Å². The van der Waals surface area contributed by atoms with E-state index < -0.39 is 105 Å². The smallest absolute Gasteiger partial charge is 0.186 e. The van der Waals surface area contributed by atoms with Crippen molar-refractivity contribution in [2.75, 3.05) is 13.2 Å². The second kappa shape index (κ2) is 14.6. The summed E-state index contributed by atoms with van der Waals surface area (Å²) in [7, 11) is 0. The normalized spacial score (nSPS) is 44.3. The van der Waals surface area contributed by atoms with Crippen LogP contribution >= 0.6 is 0 Å². The molecule has 2 saturated heterocycles. The van der Waals surface area contributed by atoms with Crippen LogP contribution in [0.15, 0.2) is 20.5 Å². The Balaban J connectivity index is 1.91. The molecule has 3 fully saturated rings. The molecule has 0 amide bonds. The Kier molecular flexibility index (Phi) is 11.5. The molecule has 10 unspecified atom stereocenters. The highest BCUT2D eigenvalue weighted by Gasteiger charge is 2.53. The molecule has 7 N–H and O–H groups in total. The van der Waals surface area contributed by atoms with E-state index in [0.717, 1.165) is 0 Å². The Morgan fingerprint density at radius 3 is 1.68 bits per heavy atom. The fourth-order valence-electron chi connectivity index (χ4n) is 4.84. The predicted octanol–water partition coefficient (Wildman–Crippen LogP) is -1.89. The third kappa shape index (κ3) is 7.00. The monoisotopic (exact) mass is 588 g/mol. The summed E-state index contributed by atoms with van der Waals surface area (Å²) < 4.78 is 22.2. The molecule has 41 heavy (non-hydrogen) atoms. The molecule has 2 aliphatic heterocycles. The fraction of sp³-hybridized carbons (Fsp3) is 1.00. The molecule has 3 rings (SSSR count). The van der Waals surface area contributed by atoms with Crippen molar-refractivity contribution in [1.82, 2.24) is 0 Å². The molecule has 2 heterocycles. The third-order valence-corrected chi connectivity index (χ3v) is 6.92. The lowest BCUT2D eigenvalue weighted by Gasteiger charge is -2.47. The van der Waals surface area contributed by atoms with E-state index in [0.29, 0.717) is 0 Å². The third-order valence-electron chi connectivity index (χ3n) is 6.92. The van der Waals surface area contributed by atoms with Crippen molar-refractivity contribution in [2.24, 2.45) is 20.5 Å². The first kappa shape index (κ1) is 32.3. The van der Waals surface area contributed by atoms with E-state index in [2.05, 4.69) is 40.1 Å². The molecule has 23 nitrogen and oxygen atoms in total. The van der Waals surface area contributed by atoms with Crippen LogP contribution in [0.5, 0.6) is 0 Å². The van der Waals surface area contributed by atoms with Crippen LogP contribution < -0.4 is 0 Å². The van der Waals surface area contributed by atoms with Crippen LogP contribution in [0.3, 0.4) is 0 Å². The van der Waals surface area contributed by atoms with Crippen LogP contribution in [0.2, 0.25) is 0 Å². The lowest BCUT2D eigenvalue weighted by molar-refractivity contribution is -0.331. The van der Waals surface area contributed by atoms with E-state index >= 15 is 0 Å². The number of nitrogens with zero attached hydrogens (tertiary/aromatic N) is 12. The molecule has 1 aliphatic carbocycles. The second-order valence-electron chi connectivity index (χ2n) is 9.30. The van der Waals surface area contributed by atoms with Crippen molar-refractivity contribution < 1.29 is 54.7 Å². The standard InChI is InChI=1S/C18H28N12O11/c19-27-23-2-6-10(33)12(35)13(36)18(38-6)41-16-5(25-29-21)1-4(24-28-20)15(14(16)37)40-17-11(34)8(26-30-22)9(32)7(3-31)39-17/h4-18,31-37H,1-3H2/t4?,5?,6?,7?,8?,9-,10-,11?,12?,13?,14?,15?,16-,17-,18-/m1/s1. The lowest BCUT2D eigenvalue weighted by atomic mass is 9.84. The summed E-state index contributed by atoms with van der Waals surface area (Å²) in [6.07, 6.45) is -20.6. The molecule has 0 bridgehead atoms. The maximum absolute atomic E-state index is 11.3. The van der Waals surface area contributed by atoms with Crippen molar-refractivity contribution >= 4 is 0 Å². The first-order valence-corrected chi connectivity index (χ1v) is 12.1. The van der Waals surface area contributed by atoms with Crippen molar-refractivity contribution in [3.05, 3.63) is 41.8 Å². The first-order chi connectivity index (χ1) is 19.6. The molecular weight excluding hydrogens is 560 g/mol. The molecule has 23 heteroatoms. The zero-order valence-corrected chi connectivity index (χ0v) is 20.9. The van der Waals surface area contributed by atoms with E-state index in [4.69, 9.17) is 41.1 Å². The number of hydrogen-bond donors (Lipinski definition) is 7. The highest BCUT2D eigenvalue weighted by molar-refractivity contribution is 5.04. The van der Waals surface area contributed by atoms with E-state index in [9.17, 15) is 35.7 Å². The minimum atomic E-state index is -1.90. The largest absolute Gasteiger partial charge is 0.394 e. The zero-order chi connectivity index (χ0) is 30.3. The Morgan fingerprint density at radius 1 is 0.634 bits per heavy atom. The van der Waals surface area contributed by atoms with E-state index in [1.54, 1.807) is 0 Å². The van der Waals surface area contributed by atoms with E-state index in [1.807, 2.05) is 0 Å². The molecule has 15 atom stereocenters. The quantitative estimate of drug-likeness (QED) is 0.0840. The number of ether oxygens (including phenoxy) is 4. The zero-order valence-electron chi connectivity index (χ0n) is 20.9. The van der Waals surface area contributed by atoms with Gasteiger partial charge in [0.1, 0.15) is 36.6 Å². The maximum Gasteiger partial charge on any atom is 0.186 e. The topological polar surface area (TPSA) is 374 Å². The van der Waals surface area contributed by atoms with Gasteiger partial charge in [-0.2, -0.15) is 0 Å². The van der Waals surface area contributed by atoms with Crippen LogP contribution in [0.4, 0.5) is 0 Å². The minimum Gasteiger partial charge on any atom is -0.394 e. The Labute approximate surface area is 228 Å². The van der Waals surface area contributed by atoms with Gasteiger partial charge in [-0.3, -0.25) is 0 Å². The Bertz CT molecular complexity index is 1100. The Morgan fingerprint density at radius 2 is 1.17 bits per heavy atom. The van der Waals surface area contributed by atoms with E-state index in [1.165, 1.54) is 0 Å². The number of aliphatic hydroxyl groups is 7. The molecule has 0 spiro atoms. The van der Waals surface area contributed by atoms with Gasteiger partial charge in [0.05, 0.1) is 55.7 Å². The minimum absolute atomic E-state index is 0.328. The van der Waals surface area contributed by atoms with Gasteiger partial charge in [-0.25, -0.2) is 0 Å². The van der Waals surface area contributed by atoms with Crippen LogP contribution in [-0.4, -0.2) is 141 Å². The van der Waals surface area contributed by atoms with Gasteiger partial charge in [-0.1, -0.05) is 20.5 Å². The van der Waals surface area contributed by atoms with Gasteiger partial charge in [-0.15, -0.1) is 0 Å². The van der Waals surface area contributed by atoms with Crippen LogP contribution in [0.1, 0.15) is 6.42 Å². The number of aliphatic hydroxyl groups excluding tert-OH is 7. The molecular formula is C18H28N12O11. The summed E-state index contributed by atoms with van der Waals surface area (Å²) in [5.41, 5.74) is 35.6. The molecule has 1 saturated carbocycles. The van der Waals surface area contributed by atoms with Gasteiger partial charge in [0.15, 0.2) is 12.6 Å². The summed E-state index contributed by atoms with van der Waals surface area (Å²) in [6.45, 7) is -1.26. The van der Waals surface area contributed by atoms with Crippen LogP contribution in [0.25, 0.3) is 41.8 Å². The summed E-state index contributed by atoms with van der Waals surface area (Å²) >= 11 is 0. The average molecular weight is 588 g/mol. The van der Waals surface area contributed by atoms with Gasteiger partial charge in [0.25, 0.3) is 0 Å². The summed E-state index contributed by atoms with van der Waals surface area (Å²) in [6, 6.07) is -4.13. The molecule has 226 valence electrons. The van der Waals surface area contributed by atoms with Crippen LogP contribution in [0, 0.1) is 0 Å². The summed E-state index contributed by atoms with van der Waals surface area (Å²) in [4.78, 5) is 10.5. The molecule has 0 aromatic heterocycles. The molecule has 0 aromatic carbocycles. The average Bonchev–Trinajstić information content (AvgIpc) is 2.95. The van der Waals surface area contributed by atoms with Crippen molar-refractivity contribution in [1.29, 1.82) is 0 Å². The van der Waals surface area contributed by atoms with Crippen molar-refractivity contribution in [3.63, 3.8) is 0 Å². The van der Waals surface area contributed by atoms with E-state index in [-0.39, 0.29) is 6.42 Å². The van der Waals surface area contributed by atoms with Gasteiger partial charge in [0.2, 0.25) is 0 Å². The maximum atomic E-state index is 11.3. The first-order valence-electron chi connectivity index (χ1n) is 12.1. The second-order valence-corrected chi connectivity index (χ2v) is 9.30. The Hall–Kier alpha value is -3.20. The summed E-state index contributed by atoms with van der Waals surface area (Å²) in [5.74, 6) is 0. The van der Waals surface area contributed by atoms with Gasteiger partial charge in [-0.05, 0) is 28.5 Å². The number of rotatable bonds is 10. The molecule has 0 radical (unpaired) electrons. The van der Waals surface area contributed by atoms with Gasteiger partial charge >= 0.3 is 0 Å².